The third-order valence-electron chi connectivity index (χ3n) is 2.72. The summed E-state index contributed by atoms with van der Waals surface area (Å²) in [7, 11) is 1.58. The SMILES string of the molecule is CCc1ccc(CCN(C)C(=O)C(N)=O)cc1. The van der Waals surface area contributed by atoms with E-state index in [0.717, 1.165) is 18.4 Å². The summed E-state index contributed by atoms with van der Waals surface area (Å²) in [5.41, 5.74) is 7.35. The van der Waals surface area contributed by atoms with Gasteiger partial charge in [-0.2, -0.15) is 0 Å². The maximum absolute atomic E-state index is 11.2. The van der Waals surface area contributed by atoms with Gasteiger partial charge in [0.2, 0.25) is 0 Å². The summed E-state index contributed by atoms with van der Waals surface area (Å²) in [6.45, 7) is 2.60. The number of amides is 2. The molecule has 0 aliphatic carbocycles. The Morgan fingerprint density at radius 1 is 1.18 bits per heavy atom. The molecular weight excluding hydrogens is 216 g/mol. The Labute approximate surface area is 101 Å². The summed E-state index contributed by atoms with van der Waals surface area (Å²) in [5.74, 6) is -1.55. The number of nitrogens with zero attached hydrogens (tertiary/aromatic N) is 1. The van der Waals surface area contributed by atoms with E-state index in [0.29, 0.717) is 6.54 Å². The van der Waals surface area contributed by atoms with Gasteiger partial charge in [0, 0.05) is 13.6 Å². The quantitative estimate of drug-likeness (QED) is 0.781. The second kappa shape index (κ2) is 6.03. The highest BCUT2D eigenvalue weighted by Gasteiger charge is 2.14. The maximum atomic E-state index is 11.2. The van der Waals surface area contributed by atoms with Crippen LogP contribution in [0.15, 0.2) is 24.3 Å². The summed E-state index contributed by atoms with van der Waals surface area (Å²) in [6, 6.07) is 8.24. The van der Waals surface area contributed by atoms with Crippen LogP contribution in [0, 0.1) is 0 Å². The number of carbonyl (C=O) groups excluding carboxylic acids is 2. The number of aryl methyl sites for hydroxylation is 1. The molecule has 0 radical (unpaired) electrons. The Kier molecular flexibility index (Phi) is 4.69. The fourth-order valence-corrected chi connectivity index (χ4v) is 1.53. The van der Waals surface area contributed by atoms with Gasteiger partial charge in [-0.15, -0.1) is 0 Å². The Balaban J connectivity index is 2.49. The second-order valence-electron chi connectivity index (χ2n) is 4.01. The Hall–Kier alpha value is -1.84. The molecule has 0 aliphatic rings. The molecule has 2 N–H and O–H groups in total. The maximum Gasteiger partial charge on any atom is 0.311 e. The number of likely N-dealkylation sites (N-methyl/N-ethyl adjacent to an activating group) is 1. The van der Waals surface area contributed by atoms with Crippen molar-refractivity contribution in [3.8, 4) is 0 Å². The van der Waals surface area contributed by atoms with Crippen LogP contribution in [0.3, 0.4) is 0 Å². The minimum atomic E-state index is -0.908. The number of hydrogen-bond acceptors (Lipinski definition) is 2. The number of hydrogen-bond donors (Lipinski definition) is 1. The fourth-order valence-electron chi connectivity index (χ4n) is 1.53. The average Bonchev–Trinajstić information content (AvgIpc) is 2.35. The van der Waals surface area contributed by atoms with Gasteiger partial charge in [0.1, 0.15) is 0 Å². The number of carbonyl (C=O) groups is 2. The lowest BCUT2D eigenvalue weighted by molar-refractivity contribution is -0.143. The normalized spacial score (nSPS) is 10.0. The van der Waals surface area contributed by atoms with Crippen LogP contribution >= 0.6 is 0 Å². The number of nitrogens with two attached hydrogens (primary N) is 1. The highest BCUT2D eigenvalue weighted by Crippen LogP contribution is 2.06. The van der Waals surface area contributed by atoms with Gasteiger partial charge >= 0.3 is 11.8 Å². The molecule has 0 fully saturated rings. The van der Waals surface area contributed by atoms with Gasteiger partial charge in [-0.05, 0) is 24.0 Å². The van der Waals surface area contributed by atoms with E-state index in [9.17, 15) is 9.59 Å². The van der Waals surface area contributed by atoms with Gasteiger partial charge in [0.05, 0.1) is 0 Å². The molecule has 0 saturated heterocycles. The van der Waals surface area contributed by atoms with E-state index in [1.807, 2.05) is 12.1 Å². The molecule has 0 aromatic heterocycles. The van der Waals surface area contributed by atoms with E-state index >= 15 is 0 Å². The van der Waals surface area contributed by atoms with Crippen LogP contribution in [0.1, 0.15) is 18.1 Å². The summed E-state index contributed by atoms with van der Waals surface area (Å²) < 4.78 is 0. The molecule has 0 spiro atoms. The largest absolute Gasteiger partial charge is 0.361 e. The molecule has 0 bridgehead atoms. The number of benzene rings is 1. The van der Waals surface area contributed by atoms with E-state index in [2.05, 4.69) is 19.1 Å². The Morgan fingerprint density at radius 2 is 1.71 bits per heavy atom. The minimum Gasteiger partial charge on any atom is -0.361 e. The summed E-state index contributed by atoms with van der Waals surface area (Å²) in [4.78, 5) is 23.2. The fraction of sp³-hybridized carbons (Fsp3) is 0.385. The Morgan fingerprint density at radius 3 is 2.18 bits per heavy atom. The zero-order valence-corrected chi connectivity index (χ0v) is 10.3. The van der Waals surface area contributed by atoms with E-state index in [1.54, 1.807) is 7.05 Å². The standard InChI is InChI=1S/C13H18N2O2/c1-3-10-4-6-11(7-5-10)8-9-15(2)13(17)12(14)16/h4-7H,3,8-9H2,1-2H3,(H2,14,16). The van der Waals surface area contributed by atoms with E-state index in [4.69, 9.17) is 5.73 Å². The van der Waals surface area contributed by atoms with Crippen LogP contribution in [0.2, 0.25) is 0 Å². The summed E-state index contributed by atoms with van der Waals surface area (Å²) >= 11 is 0. The van der Waals surface area contributed by atoms with Gasteiger partial charge in [-0.3, -0.25) is 9.59 Å². The van der Waals surface area contributed by atoms with Crippen molar-refractivity contribution in [3.05, 3.63) is 35.4 Å². The van der Waals surface area contributed by atoms with Gasteiger partial charge in [0.15, 0.2) is 0 Å². The van der Waals surface area contributed by atoms with Crippen molar-refractivity contribution >= 4 is 11.8 Å². The molecule has 0 saturated carbocycles. The van der Waals surface area contributed by atoms with Gasteiger partial charge in [0.25, 0.3) is 0 Å². The van der Waals surface area contributed by atoms with Crippen LogP contribution in [0.4, 0.5) is 0 Å². The molecule has 4 nitrogen and oxygen atoms in total. The third kappa shape index (κ3) is 3.90. The lowest BCUT2D eigenvalue weighted by atomic mass is 10.1. The van der Waals surface area contributed by atoms with Crippen LogP contribution in [-0.2, 0) is 22.4 Å². The van der Waals surface area contributed by atoms with Crippen molar-refractivity contribution in [2.75, 3.05) is 13.6 Å². The lowest BCUT2D eigenvalue weighted by Crippen LogP contribution is -2.38. The van der Waals surface area contributed by atoms with Crippen LogP contribution < -0.4 is 5.73 Å². The molecule has 1 aromatic carbocycles. The zero-order chi connectivity index (χ0) is 12.8. The zero-order valence-electron chi connectivity index (χ0n) is 10.3. The number of rotatable bonds is 4. The smallest absolute Gasteiger partial charge is 0.311 e. The van der Waals surface area contributed by atoms with Crippen molar-refractivity contribution in [1.82, 2.24) is 4.90 Å². The molecule has 1 aromatic rings. The summed E-state index contributed by atoms with van der Waals surface area (Å²) in [5, 5.41) is 0. The molecule has 4 heteroatoms. The van der Waals surface area contributed by atoms with Gasteiger partial charge in [-0.25, -0.2) is 0 Å². The highest BCUT2D eigenvalue weighted by atomic mass is 16.2. The molecular formula is C13H18N2O2. The monoisotopic (exact) mass is 234 g/mol. The lowest BCUT2D eigenvalue weighted by Gasteiger charge is -2.14. The van der Waals surface area contributed by atoms with Crippen molar-refractivity contribution in [1.29, 1.82) is 0 Å². The Bertz CT molecular complexity index is 398. The van der Waals surface area contributed by atoms with E-state index in [-0.39, 0.29) is 0 Å². The predicted octanol–water partition coefficient (Wildman–Crippen LogP) is 0.735. The van der Waals surface area contributed by atoms with E-state index in [1.165, 1.54) is 10.5 Å². The van der Waals surface area contributed by atoms with Gasteiger partial charge in [-0.1, -0.05) is 31.2 Å². The van der Waals surface area contributed by atoms with Crippen LogP contribution in [0.5, 0.6) is 0 Å². The van der Waals surface area contributed by atoms with Crippen molar-refractivity contribution in [3.63, 3.8) is 0 Å². The first-order chi connectivity index (χ1) is 8.04. The first-order valence-electron chi connectivity index (χ1n) is 5.67. The molecule has 92 valence electrons. The number of primary amides is 1. The second-order valence-corrected chi connectivity index (χ2v) is 4.01. The van der Waals surface area contributed by atoms with Crippen molar-refractivity contribution in [2.45, 2.75) is 19.8 Å². The third-order valence-corrected chi connectivity index (χ3v) is 2.72. The molecule has 2 amide bonds. The van der Waals surface area contributed by atoms with Crippen molar-refractivity contribution < 1.29 is 9.59 Å². The molecule has 1 rings (SSSR count). The highest BCUT2D eigenvalue weighted by molar-refractivity contribution is 6.34. The van der Waals surface area contributed by atoms with Gasteiger partial charge < -0.3 is 10.6 Å². The summed E-state index contributed by atoms with van der Waals surface area (Å²) in [6.07, 6.45) is 1.74. The molecule has 0 atom stereocenters. The first-order valence-corrected chi connectivity index (χ1v) is 5.67. The first kappa shape index (κ1) is 13.2. The topological polar surface area (TPSA) is 63.4 Å². The minimum absolute atomic E-state index is 0.493. The van der Waals surface area contributed by atoms with Crippen LogP contribution in [0.25, 0.3) is 0 Å². The van der Waals surface area contributed by atoms with Crippen LogP contribution in [-0.4, -0.2) is 30.3 Å². The van der Waals surface area contributed by atoms with E-state index < -0.39 is 11.8 Å². The van der Waals surface area contributed by atoms with Crippen molar-refractivity contribution in [2.24, 2.45) is 5.73 Å². The average molecular weight is 234 g/mol. The molecule has 17 heavy (non-hydrogen) atoms. The molecule has 0 heterocycles. The molecule has 0 aliphatic heterocycles. The molecule has 0 unspecified atom stereocenters. The predicted molar refractivity (Wildman–Crippen MR) is 66.4 cm³/mol.